The summed E-state index contributed by atoms with van der Waals surface area (Å²) in [7, 11) is -4.01. The van der Waals surface area contributed by atoms with Crippen LogP contribution in [-0.4, -0.2) is 26.9 Å². The highest BCUT2D eigenvalue weighted by molar-refractivity contribution is 7.89. The van der Waals surface area contributed by atoms with E-state index in [0.717, 1.165) is 6.07 Å². The molecule has 2 N–H and O–H groups in total. The van der Waals surface area contributed by atoms with Gasteiger partial charge in [0.05, 0.1) is 0 Å². The van der Waals surface area contributed by atoms with Gasteiger partial charge in [0.15, 0.2) is 0 Å². The van der Waals surface area contributed by atoms with Crippen molar-refractivity contribution in [3.63, 3.8) is 0 Å². The van der Waals surface area contributed by atoms with Crippen LogP contribution in [0.3, 0.4) is 0 Å². The van der Waals surface area contributed by atoms with E-state index >= 15 is 0 Å². The minimum atomic E-state index is -4.01. The van der Waals surface area contributed by atoms with Gasteiger partial charge in [-0.3, -0.25) is 4.79 Å². The molecule has 0 aliphatic carbocycles. The fraction of sp³-hybridized carbons (Fsp3) is 0.364. The molecule has 0 radical (unpaired) electrons. The van der Waals surface area contributed by atoms with E-state index in [1.165, 1.54) is 18.2 Å². The molecule has 0 spiro atoms. The maximum absolute atomic E-state index is 13.4. The topological polar surface area (TPSA) is 75.3 Å². The summed E-state index contributed by atoms with van der Waals surface area (Å²) in [4.78, 5) is 11.0. The van der Waals surface area contributed by atoms with E-state index in [1.54, 1.807) is 0 Å². The average Bonchev–Trinajstić information content (AvgIpc) is 2.32. The number of halogens is 1. The monoisotopic (exact) mass is 272 g/mol. The minimum Gasteiger partial charge on any atom is -0.355 e. The predicted molar refractivity (Wildman–Crippen MR) is 62.8 cm³/mol. The molecule has 98 valence electrons. The van der Waals surface area contributed by atoms with Crippen molar-refractivity contribution >= 4 is 15.9 Å². The van der Waals surface area contributed by atoms with Crippen LogP contribution in [0.15, 0.2) is 29.2 Å². The van der Waals surface area contributed by atoms with Gasteiger partial charge in [-0.1, -0.05) is 12.1 Å². The number of piperidine rings is 1. The summed E-state index contributed by atoms with van der Waals surface area (Å²) in [6.07, 6.45) is 1.11. The number of sulfonamides is 1. The van der Waals surface area contributed by atoms with Gasteiger partial charge in [0.25, 0.3) is 0 Å². The summed E-state index contributed by atoms with van der Waals surface area (Å²) in [6, 6.07) is 4.23. The van der Waals surface area contributed by atoms with E-state index in [4.69, 9.17) is 0 Å². The first-order chi connectivity index (χ1) is 8.50. The van der Waals surface area contributed by atoms with Crippen LogP contribution >= 0.6 is 0 Å². The van der Waals surface area contributed by atoms with Gasteiger partial charge in [0, 0.05) is 6.54 Å². The Balaban J connectivity index is 2.22. The molecule has 2 rings (SSSR count). The van der Waals surface area contributed by atoms with Crippen molar-refractivity contribution in [3.8, 4) is 0 Å². The highest BCUT2D eigenvalue weighted by atomic mass is 32.2. The molecule has 1 saturated heterocycles. The fourth-order valence-electron chi connectivity index (χ4n) is 1.80. The molecule has 0 bridgehead atoms. The van der Waals surface area contributed by atoms with Gasteiger partial charge in [-0.25, -0.2) is 12.8 Å². The molecule has 7 heteroatoms. The molecule has 18 heavy (non-hydrogen) atoms. The quantitative estimate of drug-likeness (QED) is 0.835. The number of carbonyl (C=O) groups excluding carboxylic acids is 1. The van der Waals surface area contributed by atoms with E-state index in [9.17, 15) is 17.6 Å². The largest absolute Gasteiger partial charge is 0.355 e. The average molecular weight is 272 g/mol. The molecule has 1 atom stereocenters. The lowest BCUT2D eigenvalue weighted by molar-refractivity contribution is -0.124. The lowest BCUT2D eigenvalue weighted by Crippen LogP contribution is -2.50. The van der Waals surface area contributed by atoms with E-state index in [0.29, 0.717) is 19.4 Å². The zero-order valence-corrected chi connectivity index (χ0v) is 10.3. The second kappa shape index (κ2) is 5.03. The molecule has 0 saturated carbocycles. The third kappa shape index (κ3) is 2.68. The van der Waals surface area contributed by atoms with Gasteiger partial charge in [-0.2, -0.15) is 4.72 Å². The van der Waals surface area contributed by atoms with Crippen LogP contribution in [0.1, 0.15) is 12.8 Å². The molecule has 0 unspecified atom stereocenters. The summed E-state index contributed by atoms with van der Waals surface area (Å²) < 4.78 is 39.5. The normalized spacial score (nSPS) is 20.5. The molecule has 1 aliphatic heterocycles. The number of rotatable bonds is 3. The Hall–Kier alpha value is -1.47. The zero-order chi connectivity index (χ0) is 13.2. The van der Waals surface area contributed by atoms with Gasteiger partial charge in [0.1, 0.15) is 16.8 Å². The summed E-state index contributed by atoms with van der Waals surface area (Å²) in [6.45, 7) is 0.538. The van der Waals surface area contributed by atoms with Crippen molar-refractivity contribution in [1.82, 2.24) is 10.0 Å². The Bertz CT molecular complexity index is 559. The minimum absolute atomic E-state index is 0.374. The Kier molecular flexibility index (Phi) is 3.63. The van der Waals surface area contributed by atoms with Gasteiger partial charge in [0.2, 0.25) is 15.9 Å². The van der Waals surface area contributed by atoms with Crippen molar-refractivity contribution in [3.05, 3.63) is 30.1 Å². The Labute approximate surface area is 104 Å². The van der Waals surface area contributed by atoms with Crippen LogP contribution in [0.5, 0.6) is 0 Å². The molecular weight excluding hydrogens is 259 g/mol. The third-order valence-corrected chi connectivity index (χ3v) is 4.21. The first-order valence-electron chi connectivity index (χ1n) is 5.55. The molecule has 1 fully saturated rings. The first kappa shape index (κ1) is 13.0. The third-order valence-electron chi connectivity index (χ3n) is 2.71. The van der Waals surface area contributed by atoms with Crippen LogP contribution in [0.4, 0.5) is 4.39 Å². The fourth-order valence-corrected chi connectivity index (χ4v) is 3.11. The Morgan fingerprint density at radius 1 is 1.33 bits per heavy atom. The maximum atomic E-state index is 13.4. The molecule has 1 amide bonds. The summed E-state index contributed by atoms with van der Waals surface area (Å²) >= 11 is 0. The van der Waals surface area contributed by atoms with Crippen molar-refractivity contribution in [2.75, 3.05) is 6.54 Å². The maximum Gasteiger partial charge on any atom is 0.244 e. The molecule has 0 aromatic heterocycles. The second-order valence-electron chi connectivity index (χ2n) is 4.04. The summed E-state index contributed by atoms with van der Waals surface area (Å²) in [5.74, 6) is -1.21. The SMILES string of the molecule is O=C1NCCC[C@@H]1NS(=O)(=O)c1ccccc1F. The van der Waals surface area contributed by atoms with Crippen LogP contribution < -0.4 is 10.0 Å². The number of amides is 1. The highest BCUT2D eigenvalue weighted by Gasteiger charge is 2.28. The zero-order valence-electron chi connectivity index (χ0n) is 9.52. The number of carbonyl (C=O) groups is 1. The lowest BCUT2D eigenvalue weighted by atomic mass is 10.1. The predicted octanol–water partition coefficient (Wildman–Crippen LogP) is 0.383. The van der Waals surface area contributed by atoms with Crippen molar-refractivity contribution in [2.24, 2.45) is 0 Å². The molecule has 1 aromatic rings. The van der Waals surface area contributed by atoms with E-state index < -0.39 is 26.8 Å². The summed E-state index contributed by atoms with van der Waals surface area (Å²) in [5, 5.41) is 2.56. The molecule has 1 aromatic carbocycles. The van der Waals surface area contributed by atoms with E-state index in [1.807, 2.05) is 0 Å². The number of hydrogen-bond acceptors (Lipinski definition) is 3. The molecule has 5 nitrogen and oxygen atoms in total. The number of nitrogens with one attached hydrogen (secondary N) is 2. The second-order valence-corrected chi connectivity index (χ2v) is 5.72. The number of hydrogen-bond donors (Lipinski definition) is 2. The Morgan fingerprint density at radius 3 is 2.72 bits per heavy atom. The van der Waals surface area contributed by atoms with Gasteiger partial charge < -0.3 is 5.32 Å². The standard InChI is InChI=1S/C11H13FN2O3S/c12-8-4-1-2-6-10(8)18(16,17)14-9-5-3-7-13-11(9)15/h1-2,4,6,9,14H,3,5,7H2,(H,13,15)/t9-/m0/s1. The van der Waals surface area contributed by atoms with Crippen LogP contribution in [0.25, 0.3) is 0 Å². The van der Waals surface area contributed by atoms with Crippen LogP contribution in [-0.2, 0) is 14.8 Å². The molecule has 1 aliphatic rings. The molecule has 1 heterocycles. The van der Waals surface area contributed by atoms with Crippen molar-refractivity contribution < 1.29 is 17.6 Å². The van der Waals surface area contributed by atoms with Crippen LogP contribution in [0, 0.1) is 5.82 Å². The highest BCUT2D eigenvalue weighted by Crippen LogP contribution is 2.15. The van der Waals surface area contributed by atoms with Gasteiger partial charge in [-0.15, -0.1) is 0 Å². The van der Waals surface area contributed by atoms with Gasteiger partial charge >= 0.3 is 0 Å². The van der Waals surface area contributed by atoms with Crippen molar-refractivity contribution in [1.29, 1.82) is 0 Å². The van der Waals surface area contributed by atoms with Crippen molar-refractivity contribution in [2.45, 2.75) is 23.8 Å². The smallest absolute Gasteiger partial charge is 0.244 e. The first-order valence-corrected chi connectivity index (χ1v) is 7.03. The number of benzene rings is 1. The molecular formula is C11H13FN2O3S. The lowest BCUT2D eigenvalue weighted by Gasteiger charge is -2.22. The van der Waals surface area contributed by atoms with E-state index in [2.05, 4.69) is 10.0 Å². The van der Waals surface area contributed by atoms with Gasteiger partial charge in [-0.05, 0) is 25.0 Å². The Morgan fingerprint density at radius 2 is 2.06 bits per heavy atom. The summed E-state index contributed by atoms with van der Waals surface area (Å²) in [5.41, 5.74) is 0. The van der Waals surface area contributed by atoms with Crippen LogP contribution in [0.2, 0.25) is 0 Å². The van der Waals surface area contributed by atoms with E-state index in [-0.39, 0.29) is 5.91 Å².